The highest BCUT2D eigenvalue weighted by molar-refractivity contribution is 7.09. The van der Waals surface area contributed by atoms with Gasteiger partial charge in [-0.15, -0.1) is 11.3 Å². The van der Waals surface area contributed by atoms with Crippen molar-refractivity contribution in [3.63, 3.8) is 0 Å². The van der Waals surface area contributed by atoms with Crippen molar-refractivity contribution in [2.75, 3.05) is 0 Å². The predicted molar refractivity (Wildman–Crippen MR) is 63.6 cm³/mol. The Morgan fingerprint density at radius 1 is 1.31 bits per heavy atom. The molecule has 0 unspecified atom stereocenters. The van der Waals surface area contributed by atoms with Gasteiger partial charge < -0.3 is 9.72 Å². The molecule has 1 N–H and O–H groups in total. The highest BCUT2D eigenvalue weighted by Crippen LogP contribution is 2.23. The Hall–Kier alpha value is -1.81. The lowest BCUT2D eigenvalue weighted by molar-refractivity contribution is 0.313. The third kappa shape index (κ3) is 1.67. The molecule has 0 bridgehead atoms. The molecule has 0 saturated carbocycles. The van der Waals surface area contributed by atoms with Crippen LogP contribution in [0.5, 0.6) is 5.75 Å². The molecule has 0 fully saturated rings. The fourth-order valence-electron chi connectivity index (χ4n) is 1.54. The first-order valence-corrected chi connectivity index (χ1v) is 5.81. The number of nitrogens with one attached hydrogen (secondary N) is 1. The summed E-state index contributed by atoms with van der Waals surface area (Å²) in [5.41, 5.74) is 1.78. The molecular weight excluding hydrogens is 220 g/mol. The summed E-state index contributed by atoms with van der Waals surface area (Å²) in [5.74, 6) is 0.795. The molecule has 16 heavy (non-hydrogen) atoms. The van der Waals surface area contributed by atoms with E-state index in [1.807, 2.05) is 29.6 Å². The van der Waals surface area contributed by atoms with Crippen LogP contribution in [0, 0.1) is 6.33 Å². The molecule has 2 aromatic heterocycles. The van der Waals surface area contributed by atoms with Crippen LogP contribution in [0.1, 0.15) is 4.88 Å². The number of hydrogen-bond acceptors (Lipinski definition) is 3. The van der Waals surface area contributed by atoms with Gasteiger partial charge in [0.15, 0.2) is 6.33 Å². The minimum atomic E-state index is 0.587. The molecule has 1 aromatic carbocycles. The van der Waals surface area contributed by atoms with Gasteiger partial charge in [0.05, 0.1) is 5.52 Å². The minimum absolute atomic E-state index is 0.587. The van der Waals surface area contributed by atoms with Crippen molar-refractivity contribution in [1.82, 2.24) is 9.97 Å². The van der Waals surface area contributed by atoms with Gasteiger partial charge in [-0.2, -0.15) is 0 Å². The first kappa shape index (κ1) is 9.42. The van der Waals surface area contributed by atoms with Crippen LogP contribution in [-0.4, -0.2) is 9.97 Å². The molecule has 79 valence electrons. The van der Waals surface area contributed by atoms with E-state index in [2.05, 4.69) is 22.4 Å². The summed E-state index contributed by atoms with van der Waals surface area (Å²) in [6, 6.07) is 9.90. The number of ether oxygens (including phenoxy) is 1. The van der Waals surface area contributed by atoms with E-state index >= 15 is 0 Å². The number of para-hydroxylation sites is 1. The van der Waals surface area contributed by atoms with Crippen molar-refractivity contribution in [3.8, 4) is 5.75 Å². The highest BCUT2D eigenvalue weighted by Gasteiger charge is 2.04. The Labute approximate surface area is 96.7 Å². The van der Waals surface area contributed by atoms with E-state index in [0.717, 1.165) is 16.8 Å². The van der Waals surface area contributed by atoms with Gasteiger partial charge in [0.2, 0.25) is 0 Å². The Bertz CT molecular complexity index is 586. The zero-order chi connectivity index (χ0) is 10.8. The number of fused-ring (bicyclic) bond motifs is 1. The van der Waals surface area contributed by atoms with Gasteiger partial charge in [0, 0.05) is 4.88 Å². The monoisotopic (exact) mass is 229 g/mol. The molecule has 0 aliphatic carbocycles. The van der Waals surface area contributed by atoms with Crippen LogP contribution >= 0.6 is 11.3 Å². The molecule has 3 nitrogen and oxygen atoms in total. The minimum Gasteiger partial charge on any atom is -0.486 e. The summed E-state index contributed by atoms with van der Waals surface area (Å²) in [5, 5.41) is 2.04. The smallest absolute Gasteiger partial charge is 0.174 e. The lowest BCUT2D eigenvalue weighted by atomic mass is 10.3. The van der Waals surface area contributed by atoms with Crippen molar-refractivity contribution in [2.24, 2.45) is 0 Å². The number of nitrogens with zero attached hydrogens (tertiary/aromatic N) is 1. The fourth-order valence-corrected chi connectivity index (χ4v) is 2.16. The third-order valence-electron chi connectivity index (χ3n) is 2.31. The predicted octanol–water partition coefficient (Wildman–Crippen LogP) is 3.00. The molecule has 0 spiro atoms. The topological polar surface area (TPSA) is 37.9 Å². The maximum absolute atomic E-state index is 5.73. The van der Waals surface area contributed by atoms with Crippen LogP contribution in [0.2, 0.25) is 0 Å². The van der Waals surface area contributed by atoms with Gasteiger partial charge in [0.1, 0.15) is 17.9 Å². The van der Waals surface area contributed by atoms with E-state index in [9.17, 15) is 0 Å². The molecule has 1 radical (unpaired) electrons. The normalized spacial score (nSPS) is 10.8. The van der Waals surface area contributed by atoms with Crippen molar-refractivity contribution in [2.45, 2.75) is 6.61 Å². The first-order chi connectivity index (χ1) is 7.93. The van der Waals surface area contributed by atoms with Crippen molar-refractivity contribution < 1.29 is 4.74 Å². The third-order valence-corrected chi connectivity index (χ3v) is 3.16. The SMILES string of the molecule is [c]1nc2c(OCc3cccs3)cccc2[nH]1. The standard InChI is InChI=1S/C12H9N2OS/c1-4-10-12(14-8-13-10)11(5-1)15-7-9-3-2-6-16-9/h1-6H,7H2,(H,13,14). The van der Waals surface area contributed by atoms with Gasteiger partial charge in [-0.1, -0.05) is 12.1 Å². The Balaban J connectivity index is 1.86. The molecule has 0 atom stereocenters. The van der Waals surface area contributed by atoms with Gasteiger partial charge in [-0.25, -0.2) is 4.98 Å². The summed E-state index contributed by atoms with van der Waals surface area (Å²) >= 11 is 1.69. The van der Waals surface area contributed by atoms with Crippen LogP contribution in [0.4, 0.5) is 0 Å². The molecule has 0 amide bonds. The lowest BCUT2D eigenvalue weighted by Gasteiger charge is -2.04. The van der Waals surface area contributed by atoms with E-state index in [1.54, 1.807) is 11.3 Å². The molecule has 0 aliphatic rings. The van der Waals surface area contributed by atoms with E-state index in [1.165, 1.54) is 4.88 Å². The summed E-state index contributed by atoms with van der Waals surface area (Å²) in [7, 11) is 0. The second-order valence-corrected chi connectivity index (χ2v) is 4.40. The maximum atomic E-state index is 5.73. The van der Waals surface area contributed by atoms with Gasteiger partial charge >= 0.3 is 0 Å². The molecule has 0 aliphatic heterocycles. The Morgan fingerprint density at radius 3 is 3.19 bits per heavy atom. The number of benzene rings is 1. The quantitative estimate of drug-likeness (QED) is 0.749. The number of thiophene rings is 1. The van der Waals surface area contributed by atoms with E-state index in [4.69, 9.17) is 4.74 Å². The molecule has 3 aromatic rings. The van der Waals surface area contributed by atoms with E-state index in [0.29, 0.717) is 6.61 Å². The van der Waals surface area contributed by atoms with E-state index in [-0.39, 0.29) is 0 Å². The summed E-state index contributed by atoms with van der Waals surface area (Å²) in [4.78, 5) is 8.26. The highest BCUT2D eigenvalue weighted by atomic mass is 32.1. The number of imidazole rings is 1. The molecule has 2 heterocycles. The van der Waals surface area contributed by atoms with E-state index < -0.39 is 0 Å². The average Bonchev–Trinajstić information content (AvgIpc) is 2.97. The molecule has 3 rings (SSSR count). The number of hydrogen-bond donors (Lipinski definition) is 1. The first-order valence-electron chi connectivity index (χ1n) is 4.93. The second kappa shape index (κ2) is 3.98. The summed E-state index contributed by atoms with van der Waals surface area (Å²) in [6.07, 6.45) is 2.72. The van der Waals surface area contributed by atoms with Crippen LogP contribution in [0.15, 0.2) is 35.7 Å². The van der Waals surface area contributed by atoms with Crippen molar-refractivity contribution in [1.29, 1.82) is 0 Å². The summed E-state index contributed by atoms with van der Waals surface area (Å²) < 4.78 is 5.73. The number of rotatable bonds is 3. The second-order valence-electron chi connectivity index (χ2n) is 3.37. The van der Waals surface area contributed by atoms with Crippen LogP contribution < -0.4 is 4.74 Å². The molecule has 0 saturated heterocycles. The number of aromatic nitrogens is 2. The van der Waals surface area contributed by atoms with Crippen molar-refractivity contribution >= 4 is 22.4 Å². The zero-order valence-electron chi connectivity index (χ0n) is 8.43. The Morgan fingerprint density at radius 2 is 2.31 bits per heavy atom. The van der Waals surface area contributed by atoms with Crippen molar-refractivity contribution in [3.05, 3.63) is 46.9 Å². The van der Waals surface area contributed by atoms with Gasteiger partial charge in [-0.3, -0.25) is 0 Å². The fraction of sp³-hybridized carbons (Fsp3) is 0.0833. The van der Waals surface area contributed by atoms with Crippen LogP contribution in [0.25, 0.3) is 11.0 Å². The van der Waals surface area contributed by atoms with Crippen LogP contribution in [-0.2, 0) is 6.61 Å². The average molecular weight is 229 g/mol. The largest absolute Gasteiger partial charge is 0.486 e. The Kier molecular flexibility index (Phi) is 2.34. The maximum Gasteiger partial charge on any atom is 0.174 e. The number of H-pyrrole nitrogens is 1. The lowest BCUT2D eigenvalue weighted by Crippen LogP contribution is -1.93. The van der Waals surface area contributed by atoms with Gasteiger partial charge in [-0.05, 0) is 23.6 Å². The molecular formula is C12H9N2OS. The molecule has 4 heteroatoms. The number of aromatic amines is 1. The zero-order valence-corrected chi connectivity index (χ0v) is 9.25. The van der Waals surface area contributed by atoms with Crippen LogP contribution in [0.3, 0.4) is 0 Å². The summed E-state index contributed by atoms with van der Waals surface area (Å²) in [6.45, 7) is 0.587. The van der Waals surface area contributed by atoms with Gasteiger partial charge in [0.25, 0.3) is 0 Å².